The molecule has 0 aromatic carbocycles. The van der Waals surface area contributed by atoms with E-state index in [2.05, 4.69) is 31.4 Å². The van der Waals surface area contributed by atoms with Crippen molar-refractivity contribution in [3.8, 4) is 0 Å². The average molecular weight is 531 g/mol. The van der Waals surface area contributed by atoms with Crippen LogP contribution >= 0.6 is 0 Å². The first-order chi connectivity index (χ1) is 18.0. The zero-order valence-corrected chi connectivity index (χ0v) is 22.9. The standard InChI is InChI=1S/C26H38N6O6/c1-13(2)21-26-31-22(17(6)37-26)25(36)28-15(4)23(34)27-12-8-7-9-19(24(35)30-21)29-20(33)11-10-18-14(3)32-38-16(18)5/h13,15,19,21H,7-12H2,1-6H3,(H,27,34)(H,28,36)(H,29,33)(H,30,35)/t15-,19+,21+/m1/s1. The maximum Gasteiger partial charge on any atom is 0.274 e. The van der Waals surface area contributed by atoms with Crippen LogP contribution in [0.5, 0.6) is 0 Å². The Bertz CT molecular complexity index is 1150. The maximum atomic E-state index is 13.4. The van der Waals surface area contributed by atoms with Crippen LogP contribution in [0.25, 0.3) is 0 Å². The number of nitrogens with zero attached hydrogens (tertiary/aromatic N) is 2. The number of aromatic nitrogens is 2. The van der Waals surface area contributed by atoms with Gasteiger partial charge in [-0.25, -0.2) is 4.98 Å². The lowest BCUT2D eigenvalue weighted by atomic mass is 10.0. The number of aryl methyl sites for hydroxylation is 3. The molecule has 1 aliphatic heterocycles. The number of fused-ring (bicyclic) bond motifs is 2. The van der Waals surface area contributed by atoms with E-state index in [1.807, 2.05) is 20.8 Å². The number of amides is 4. The topological polar surface area (TPSA) is 168 Å². The summed E-state index contributed by atoms with van der Waals surface area (Å²) in [5.41, 5.74) is 1.67. The molecule has 4 N–H and O–H groups in total. The first-order valence-corrected chi connectivity index (χ1v) is 13.0. The highest BCUT2D eigenvalue weighted by atomic mass is 16.5. The lowest BCUT2D eigenvalue weighted by Gasteiger charge is -2.24. The molecule has 0 radical (unpaired) electrons. The summed E-state index contributed by atoms with van der Waals surface area (Å²) in [7, 11) is 0. The minimum Gasteiger partial charge on any atom is -0.443 e. The fourth-order valence-electron chi connectivity index (χ4n) is 4.33. The van der Waals surface area contributed by atoms with E-state index < -0.39 is 24.0 Å². The molecular weight excluding hydrogens is 492 g/mol. The summed E-state index contributed by atoms with van der Waals surface area (Å²) in [4.78, 5) is 55.7. The van der Waals surface area contributed by atoms with Gasteiger partial charge in [0.2, 0.25) is 23.6 Å². The monoisotopic (exact) mass is 530 g/mol. The number of nitrogens with one attached hydrogen (secondary N) is 4. The van der Waals surface area contributed by atoms with Crippen LogP contribution in [-0.2, 0) is 20.8 Å². The van der Waals surface area contributed by atoms with E-state index in [0.29, 0.717) is 38.0 Å². The van der Waals surface area contributed by atoms with Crippen molar-refractivity contribution >= 4 is 23.6 Å². The van der Waals surface area contributed by atoms with Crippen molar-refractivity contribution in [2.24, 2.45) is 5.92 Å². The Morgan fingerprint density at radius 2 is 1.82 bits per heavy atom. The van der Waals surface area contributed by atoms with Crippen molar-refractivity contribution in [1.82, 2.24) is 31.4 Å². The average Bonchev–Trinajstić information content (AvgIpc) is 3.40. The molecule has 2 aromatic heterocycles. The Kier molecular flexibility index (Phi) is 9.65. The highest BCUT2D eigenvalue weighted by Gasteiger charge is 2.31. The van der Waals surface area contributed by atoms with Gasteiger partial charge in [-0.05, 0) is 59.3 Å². The van der Waals surface area contributed by atoms with E-state index in [0.717, 1.165) is 11.3 Å². The molecule has 0 spiro atoms. The summed E-state index contributed by atoms with van der Waals surface area (Å²) < 4.78 is 10.9. The van der Waals surface area contributed by atoms with E-state index in [1.165, 1.54) is 0 Å². The smallest absolute Gasteiger partial charge is 0.274 e. The second-order valence-electron chi connectivity index (χ2n) is 10.1. The highest BCUT2D eigenvalue weighted by Crippen LogP contribution is 2.24. The predicted molar refractivity (Wildman–Crippen MR) is 137 cm³/mol. The molecule has 3 atom stereocenters. The molecule has 0 unspecified atom stereocenters. The number of carbonyl (C=O) groups is 4. The number of carbonyl (C=O) groups excluding carboxylic acids is 4. The first kappa shape index (κ1) is 28.9. The van der Waals surface area contributed by atoms with Crippen LogP contribution in [0.4, 0.5) is 0 Å². The molecule has 0 saturated carbocycles. The predicted octanol–water partition coefficient (Wildman–Crippen LogP) is 1.94. The second kappa shape index (κ2) is 12.7. The van der Waals surface area contributed by atoms with Gasteiger partial charge in [0.05, 0.1) is 5.69 Å². The third-order valence-electron chi connectivity index (χ3n) is 6.65. The maximum absolute atomic E-state index is 13.4. The molecule has 3 rings (SSSR count). The van der Waals surface area contributed by atoms with Crippen LogP contribution < -0.4 is 21.3 Å². The van der Waals surface area contributed by atoms with Gasteiger partial charge in [-0.3, -0.25) is 19.2 Å². The Hall–Kier alpha value is -3.70. The minimum atomic E-state index is -0.797. The van der Waals surface area contributed by atoms with Gasteiger partial charge in [0.25, 0.3) is 5.91 Å². The SMILES string of the molecule is Cc1noc(C)c1CCC(=O)N[C@H]1CCCCNC(=O)[C@@H](C)NC(=O)c2nc(oc2C)[C@H](C(C)C)NC1=O. The molecule has 12 nitrogen and oxygen atoms in total. The Labute approximate surface area is 222 Å². The third-order valence-corrected chi connectivity index (χ3v) is 6.65. The summed E-state index contributed by atoms with van der Waals surface area (Å²) >= 11 is 0. The minimum absolute atomic E-state index is 0.0517. The zero-order valence-electron chi connectivity index (χ0n) is 22.9. The summed E-state index contributed by atoms with van der Waals surface area (Å²) in [6.07, 6.45) is 2.18. The lowest BCUT2D eigenvalue weighted by molar-refractivity contribution is -0.130. The number of oxazole rings is 1. The molecular formula is C26H38N6O6. The molecule has 3 heterocycles. The largest absolute Gasteiger partial charge is 0.443 e. The molecule has 0 fully saturated rings. The summed E-state index contributed by atoms with van der Waals surface area (Å²) in [5.74, 6) is -0.495. The molecule has 0 saturated heterocycles. The number of hydrogen-bond donors (Lipinski definition) is 4. The van der Waals surface area contributed by atoms with E-state index in [1.54, 1.807) is 20.8 Å². The van der Waals surface area contributed by atoms with Crippen LogP contribution in [0.1, 0.15) is 91.7 Å². The Morgan fingerprint density at radius 1 is 1.08 bits per heavy atom. The van der Waals surface area contributed by atoms with Crippen LogP contribution in [0.3, 0.4) is 0 Å². The molecule has 4 amide bonds. The normalized spacial score (nSPS) is 21.6. The van der Waals surface area contributed by atoms with E-state index in [4.69, 9.17) is 8.94 Å². The summed E-state index contributed by atoms with van der Waals surface area (Å²) in [6, 6.07) is -2.19. The molecule has 2 bridgehead atoms. The van der Waals surface area contributed by atoms with Gasteiger partial charge in [-0.1, -0.05) is 19.0 Å². The third kappa shape index (κ3) is 7.20. The van der Waals surface area contributed by atoms with Gasteiger partial charge in [-0.2, -0.15) is 0 Å². The zero-order chi connectivity index (χ0) is 28.0. The van der Waals surface area contributed by atoms with Gasteiger partial charge >= 0.3 is 0 Å². The number of rotatable bonds is 5. The molecule has 38 heavy (non-hydrogen) atoms. The van der Waals surface area contributed by atoms with Gasteiger partial charge < -0.3 is 30.2 Å². The van der Waals surface area contributed by atoms with E-state index in [-0.39, 0.29) is 47.4 Å². The molecule has 2 aromatic rings. The van der Waals surface area contributed by atoms with Crippen molar-refractivity contribution in [2.75, 3.05) is 6.54 Å². The van der Waals surface area contributed by atoms with Crippen molar-refractivity contribution in [3.05, 3.63) is 34.4 Å². The van der Waals surface area contributed by atoms with Crippen molar-refractivity contribution in [3.63, 3.8) is 0 Å². The molecule has 0 aliphatic carbocycles. The van der Waals surface area contributed by atoms with Crippen LogP contribution in [0, 0.1) is 26.7 Å². The van der Waals surface area contributed by atoms with Crippen LogP contribution in [0.2, 0.25) is 0 Å². The Morgan fingerprint density at radius 3 is 2.47 bits per heavy atom. The van der Waals surface area contributed by atoms with Gasteiger partial charge in [-0.15, -0.1) is 0 Å². The fourth-order valence-corrected chi connectivity index (χ4v) is 4.33. The summed E-state index contributed by atoms with van der Waals surface area (Å²) in [6.45, 7) is 11.0. The van der Waals surface area contributed by atoms with Crippen molar-refractivity contribution in [2.45, 2.75) is 91.8 Å². The molecule has 208 valence electrons. The van der Waals surface area contributed by atoms with E-state index in [9.17, 15) is 19.2 Å². The summed E-state index contributed by atoms with van der Waals surface area (Å²) in [5, 5.41) is 15.2. The molecule has 12 heteroatoms. The fraction of sp³-hybridized carbons (Fsp3) is 0.615. The quantitative estimate of drug-likeness (QED) is 0.455. The van der Waals surface area contributed by atoms with Crippen LogP contribution in [0.15, 0.2) is 8.94 Å². The van der Waals surface area contributed by atoms with Gasteiger partial charge in [0.15, 0.2) is 5.69 Å². The molecule has 1 aliphatic rings. The van der Waals surface area contributed by atoms with Gasteiger partial charge in [0.1, 0.15) is 29.6 Å². The van der Waals surface area contributed by atoms with E-state index >= 15 is 0 Å². The van der Waals surface area contributed by atoms with Crippen LogP contribution in [-0.4, -0.2) is 52.4 Å². The first-order valence-electron chi connectivity index (χ1n) is 13.0. The Balaban J connectivity index is 1.80. The van der Waals surface area contributed by atoms with Crippen molar-refractivity contribution in [1.29, 1.82) is 0 Å². The van der Waals surface area contributed by atoms with Crippen molar-refractivity contribution < 1.29 is 28.1 Å². The lowest BCUT2D eigenvalue weighted by Crippen LogP contribution is -2.48. The number of hydrogen-bond acceptors (Lipinski definition) is 8. The second-order valence-corrected chi connectivity index (χ2v) is 10.1. The highest BCUT2D eigenvalue weighted by molar-refractivity contribution is 5.96. The van der Waals surface area contributed by atoms with Gasteiger partial charge in [0, 0.05) is 18.5 Å².